The van der Waals surface area contributed by atoms with Gasteiger partial charge in [0.15, 0.2) is 10.2 Å². The third kappa shape index (κ3) is 3.04. The van der Waals surface area contributed by atoms with E-state index in [0.29, 0.717) is 21.0 Å². The van der Waals surface area contributed by atoms with Gasteiger partial charge in [0.1, 0.15) is 5.70 Å². The lowest BCUT2D eigenvalue weighted by Crippen LogP contribution is -2.30. The summed E-state index contributed by atoms with van der Waals surface area (Å²) in [6, 6.07) is 13.2. The Bertz CT molecular complexity index is 1040. The van der Waals surface area contributed by atoms with E-state index in [1.165, 1.54) is 16.2 Å². The van der Waals surface area contributed by atoms with Crippen molar-refractivity contribution in [3.05, 3.63) is 64.3 Å². The van der Waals surface area contributed by atoms with Crippen molar-refractivity contribution >= 4 is 67.6 Å². The molecule has 2 heterocycles. The van der Waals surface area contributed by atoms with Gasteiger partial charge < -0.3 is 5.32 Å². The number of carbonyl (C=O) groups excluding carboxylic acids is 1. The molecule has 0 unspecified atom stereocenters. The van der Waals surface area contributed by atoms with Gasteiger partial charge in [0, 0.05) is 5.02 Å². The molecule has 3 aromatic rings. The van der Waals surface area contributed by atoms with Gasteiger partial charge in [-0.05, 0) is 60.6 Å². The number of fused-ring (bicyclic) bond motifs is 1. The largest absolute Gasteiger partial charge is 0.327 e. The summed E-state index contributed by atoms with van der Waals surface area (Å²) in [6.07, 6.45) is 1.75. The van der Waals surface area contributed by atoms with Crippen LogP contribution in [0.25, 0.3) is 16.3 Å². The average Bonchev–Trinajstić information content (AvgIpc) is 3.10. The molecule has 0 bridgehead atoms. The minimum absolute atomic E-state index is 0.212. The van der Waals surface area contributed by atoms with Crippen molar-refractivity contribution in [2.24, 2.45) is 0 Å². The summed E-state index contributed by atoms with van der Waals surface area (Å²) in [6.45, 7) is 2.03. The lowest BCUT2D eigenvalue weighted by molar-refractivity contribution is -0.113. The van der Waals surface area contributed by atoms with Crippen LogP contribution in [0.3, 0.4) is 0 Å². The van der Waals surface area contributed by atoms with Crippen LogP contribution in [0.5, 0.6) is 0 Å². The summed E-state index contributed by atoms with van der Waals surface area (Å²) < 4.78 is 1.03. The highest BCUT2D eigenvalue weighted by Crippen LogP contribution is 2.32. The lowest BCUT2D eigenvalue weighted by atomic mass is 10.2. The van der Waals surface area contributed by atoms with Crippen molar-refractivity contribution in [1.82, 2.24) is 10.3 Å². The normalized spacial score (nSPS) is 16.1. The molecule has 1 aliphatic heterocycles. The van der Waals surface area contributed by atoms with Crippen LogP contribution in [-0.2, 0) is 4.79 Å². The quantitative estimate of drug-likeness (QED) is 0.520. The number of amides is 1. The predicted octanol–water partition coefficient (Wildman–Crippen LogP) is 4.52. The van der Waals surface area contributed by atoms with Gasteiger partial charge in [-0.2, -0.15) is 0 Å². The average molecular weight is 386 g/mol. The highest BCUT2D eigenvalue weighted by atomic mass is 35.5. The van der Waals surface area contributed by atoms with Crippen molar-refractivity contribution < 1.29 is 4.79 Å². The van der Waals surface area contributed by atoms with Crippen LogP contribution >= 0.6 is 35.2 Å². The van der Waals surface area contributed by atoms with E-state index in [2.05, 4.69) is 16.4 Å². The topological polar surface area (TPSA) is 45.2 Å². The third-order valence-corrected chi connectivity index (χ3v) is 5.32. The Morgan fingerprint density at radius 3 is 2.76 bits per heavy atom. The number of anilines is 1. The van der Waals surface area contributed by atoms with Crippen molar-refractivity contribution in [3.63, 3.8) is 0 Å². The van der Waals surface area contributed by atoms with E-state index in [9.17, 15) is 4.79 Å². The molecule has 1 aromatic heterocycles. The first kappa shape index (κ1) is 16.2. The molecule has 4 nitrogen and oxygen atoms in total. The van der Waals surface area contributed by atoms with Crippen LogP contribution in [0, 0.1) is 6.92 Å². The summed E-state index contributed by atoms with van der Waals surface area (Å²) in [5, 5.41) is 4.53. The molecule has 124 valence electrons. The molecule has 1 amide bonds. The van der Waals surface area contributed by atoms with Crippen molar-refractivity contribution in [2.75, 3.05) is 4.90 Å². The summed E-state index contributed by atoms with van der Waals surface area (Å²) in [5.41, 5.74) is 3.29. The molecule has 1 N–H and O–H groups in total. The summed E-state index contributed by atoms with van der Waals surface area (Å²) in [4.78, 5) is 18.8. The Labute approximate surface area is 158 Å². The first-order valence-electron chi connectivity index (χ1n) is 7.51. The molecule has 0 saturated carbocycles. The zero-order chi connectivity index (χ0) is 17.6. The summed E-state index contributed by atoms with van der Waals surface area (Å²) in [7, 11) is 0. The molecule has 0 aliphatic carbocycles. The van der Waals surface area contributed by atoms with Gasteiger partial charge >= 0.3 is 0 Å². The molecule has 1 aliphatic rings. The number of carbonyl (C=O) groups is 1. The number of hydrogen-bond donors (Lipinski definition) is 1. The van der Waals surface area contributed by atoms with Gasteiger partial charge in [-0.1, -0.05) is 41.1 Å². The van der Waals surface area contributed by atoms with E-state index >= 15 is 0 Å². The summed E-state index contributed by atoms with van der Waals surface area (Å²) in [5.74, 6) is -0.212. The van der Waals surface area contributed by atoms with Crippen LogP contribution < -0.4 is 10.2 Å². The minimum Gasteiger partial charge on any atom is -0.327 e. The van der Waals surface area contributed by atoms with Gasteiger partial charge in [-0.3, -0.25) is 4.79 Å². The number of aryl methyl sites for hydroxylation is 1. The second-order valence-electron chi connectivity index (χ2n) is 5.65. The number of halogens is 1. The molecule has 0 atom stereocenters. The van der Waals surface area contributed by atoms with E-state index in [4.69, 9.17) is 23.8 Å². The number of thiazole rings is 1. The van der Waals surface area contributed by atoms with E-state index in [-0.39, 0.29) is 5.91 Å². The maximum atomic E-state index is 12.8. The van der Waals surface area contributed by atoms with Crippen LogP contribution in [-0.4, -0.2) is 16.0 Å². The Balaban J connectivity index is 1.69. The van der Waals surface area contributed by atoms with Crippen LogP contribution in [0.15, 0.2) is 48.2 Å². The number of rotatable bonds is 2. The third-order valence-electron chi connectivity index (χ3n) is 3.78. The Hall–Kier alpha value is -2.28. The Morgan fingerprint density at radius 1 is 1.24 bits per heavy atom. The fourth-order valence-electron chi connectivity index (χ4n) is 2.55. The molecule has 0 radical (unpaired) electrons. The highest BCUT2D eigenvalue weighted by molar-refractivity contribution is 7.80. The first-order valence-corrected chi connectivity index (χ1v) is 9.11. The SMILES string of the molecule is Cc1ccc2nc(N3C(=O)/C(=C\c4ccc(Cl)cc4)NC3=S)sc2c1. The molecular formula is C18H12ClN3OS2. The number of hydrogen-bond acceptors (Lipinski definition) is 4. The van der Waals surface area contributed by atoms with Gasteiger partial charge in [0.25, 0.3) is 5.91 Å². The zero-order valence-electron chi connectivity index (χ0n) is 13.1. The fourth-order valence-corrected chi connectivity index (χ4v) is 4.08. The molecule has 1 saturated heterocycles. The summed E-state index contributed by atoms with van der Waals surface area (Å²) >= 11 is 12.7. The maximum Gasteiger partial charge on any atom is 0.282 e. The fraction of sp³-hybridized carbons (Fsp3) is 0.0556. The predicted molar refractivity (Wildman–Crippen MR) is 107 cm³/mol. The van der Waals surface area contributed by atoms with Crippen LogP contribution in [0.4, 0.5) is 5.13 Å². The van der Waals surface area contributed by atoms with Gasteiger partial charge in [-0.15, -0.1) is 0 Å². The smallest absolute Gasteiger partial charge is 0.282 e. The molecule has 7 heteroatoms. The lowest BCUT2D eigenvalue weighted by Gasteiger charge is -2.08. The molecule has 1 fully saturated rings. The number of nitrogens with one attached hydrogen (secondary N) is 1. The van der Waals surface area contributed by atoms with Crippen LogP contribution in [0.1, 0.15) is 11.1 Å². The molecular weight excluding hydrogens is 374 g/mol. The van der Waals surface area contributed by atoms with Crippen molar-refractivity contribution in [1.29, 1.82) is 0 Å². The standard InChI is InChI=1S/C18H12ClN3OS2/c1-10-2-7-13-15(8-10)25-18(21-13)22-16(23)14(20-17(22)24)9-11-3-5-12(19)6-4-11/h2-9H,1H3,(H,20,24)/b14-9+. The highest BCUT2D eigenvalue weighted by Gasteiger charge is 2.34. The number of thiocarbonyl (C=S) groups is 1. The van der Waals surface area contributed by atoms with Gasteiger partial charge in [0.2, 0.25) is 0 Å². The van der Waals surface area contributed by atoms with E-state index in [0.717, 1.165) is 21.3 Å². The van der Waals surface area contributed by atoms with E-state index in [1.54, 1.807) is 18.2 Å². The molecule has 0 spiro atoms. The minimum atomic E-state index is -0.212. The Kier molecular flexibility index (Phi) is 4.03. The molecule has 25 heavy (non-hydrogen) atoms. The molecule has 2 aromatic carbocycles. The van der Waals surface area contributed by atoms with Crippen molar-refractivity contribution in [3.8, 4) is 0 Å². The second-order valence-corrected chi connectivity index (χ2v) is 7.48. The van der Waals surface area contributed by atoms with E-state index < -0.39 is 0 Å². The Morgan fingerprint density at radius 2 is 2.00 bits per heavy atom. The van der Waals surface area contributed by atoms with E-state index in [1.807, 2.05) is 31.2 Å². The number of nitrogens with zero attached hydrogens (tertiary/aromatic N) is 2. The second kappa shape index (κ2) is 6.22. The van der Waals surface area contributed by atoms with Gasteiger partial charge in [-0.25, -0.2) is 9.88 Å². The first-order chi connectivity index (χ1) is 12.0. The molecule has 4 rings (SSSR count). The maximum absolute atomic E-state index is 12.8. The number of benzene rings is 2. The zero-order valence-corrected chi connectivity index (χ0v) is 15.5. The number of aromatic nitrogens is 1. The van der Waals surface area contributed by atoms with Crippen molar-refractivity contribution in [2.45, 2.75) is 6.92 Å². The van der Waals surface area contributed by atoms with Gasteiger partial charge in [0.05, 0.1) is 10.2 Å². The monoisotopic (exact) mass is 385 g/mol. The van der Waals surface area contributed by atoms with Crippen LogP contribution in [0.2, 0.25) is 5.02 Å².